The predicted octanol–water partition coefficient (Wildman–Crippen LogP) is 5.37. The first-order valence-electron chi connectivity index (χ1n) is 11.1. The van der Waals surface area contributed by atoms with Crippen molar-refractivity contribution in [3.05, 3.63) is 36.2 Å². The number of esters is 1. The Kier molecular flexibility index (Phi) is 4.31. The van der Waals surface area contributed by atoms with Crippen molar-refractivity contribution in [1.29, 1.82) is 0 Å². The Morgan fingerprint density at radius 3 is 2.69 bits per heavy atom. The summed E-state index contributed by atoms with van der Waals surface area (Å²) < 4.78 is 21.0. The number of aromatic nitrogens is 2. The summed E-state index contributed by atoms with van der Waals surface area (Å²) in [6.07, 6.45) is 15.5. The molecule has 1 heterocycles. The van der Waals surface area contributed by atoms with Gasteiger partial charge in [-0.05, 0) is 61.7 Å². The largest absolute Gasteiger partial charge is 0.462 e. The van der Waals surface area contributed by atoms with Crippen molar-refractivity contribution < 1.29 is 13.9 Å². The highest BCUT2D eigenvalue weighted by Crippen LogP contribution is 2.65. The first-order chi connectivity index (χ1) is 13.8. The van der Waals surface area contributed by atoms with Crippen LogP contribution in [0, 0.1) is 34.5 Å². The van der Waals surface area contributed by atoms with Crippen LogP contribution >= 0.6 is 0 Å². The van der Waals surface area contributed by atoms with Gasteiger partial charge in [-0.15, -0.1) is 0 Å². The fourth-order valence-electron chi connectivity index (χ4n) is 7.34. The van der Waals surface area contributed by atoms with Gasteiger partial charge in [-0.1, -0.05) is 31.6 Å². The van der Waals surface area contributed by atoms with Crippen LogP contribution in [-0.2, 0) is 9.53 Å². The van der Waals surface area contributed by atoms with Gasteiger partial charge >= 0.3 is 5.97 Å². The number of rotatable bonds is 2. The molecule has 0 N–H and O–H groups in total. The molecule has 0 aromatic carbocycles. The molecule has 4 aliphatic carbocycles. The van der Waals surface area contributed by atoms with Gasteiger partial charge in [-0.2, -0.15) is 4.39 Å². The Bertz CT molecular complexity index is 902. The Morgan fingerprint density at radius 2 is 1.97 bits per heavy atom. The molecule has 6 atom stereocenters. The van der Waals surface area contributed by atoms with Gasteiger partial charge in [-0.3, -0.25) is 4.79 Å². The quantitative estimate of drug-likeness (QED) is 0.497. The predicted molar refractivity (Wildman–Crippen MR) is 109 cm³/mol. The van der Waals surface area contributed by atoms with Crippen LogP contribution in [0.1, 0.15) is 65.7 Å². The van der Waals surface area contributed by atoms with Crippen LogP contribution in [0.4, 0.5) is 4.39 Å². The Hall–Kier alpha value is -1.91. The Balaban J connectivity index is 1.41. The van der Waals surface area contributed by atoms with E-state index < -0.39 is 5.95 Å². The van der Waals surface area contributed by atoms with E-state index in [0.717, 1.165) is 38.5 Å². The van der Waals surface area contributed by atoms with Gasteiger partial charge in [0.15, 0.2) is 0 Å². The molecular formula is C24H31FN2O2. The molecule has 0 spiro atoms. The van der Waals surface area contributed by atoms with Crippen molar-refractivity contribution >= 4 is 11.7 Å². The molecule has 5 rings (SSSR count). The number of hydrogen-bond acceptors (Lipinski definition) is 3. The summed E-state index contributed by atoms with van der Waals surface area (Å²) in [6, 6.07) is 0. The lowest BCUT2D eigenvalue weighted by Gasteiger charge is -2.57. The maximum atomic E-state index is 13.5. The fourth-order valence-corrected chi connectivity index (χ4v) is 7.34. The first-order valence-corrected chi connectivity index (χ1v) is 11.1. The zero-order valence-corrected chi connectivity index (χ0v) is 17.7. The van der Waals surface area contributed by atoms with Crippen LogP contribution in [0.2, 0.25) is 0 Å². The van der Waals surface area contributed by atoms with Gasteiger partial charge in [0.25, 0.3) is 0 Å². The van der Waals surface area contributed by atoms with E-state index in [-0.39, 0.29) is 22.9 Å². The fraction of sp³-hybridized carbons (Fsp3) is 0.667. The standard InChI is InChI=1S/C24H31FN2O2/c1-15(28)29-17-8-10-23(2)16(12-17)4-5-18-19-6-7-21(27-13-22(25)26-14-27)24(19,3)11-9-20(18)23/h4,7,13-14,17-20H,5-6,8-12H2,1-3H3. The second-order valence-electron chi connectivity index (χ2n) is 10.1. The molecule has 4 aliphatic rings. The highest BCUT2D eigenvalue weighted by molar-refractivity contribution is 5.66. The zero-order valence-electron chi connectivity index (χ0n) is 17.7. The molecule has 5 heteroatoms. The molecule has 2 fully saturated rings. The Morgan fingerprint density at radius 1 is 1.17 bits per heavy atom. The summed E-state index contributed by atoms with van der Waals surface area (Å²) in [7, 11) is 0. The lowest BCUT2D eigenvalue weighted by Crippen LogP contribution is -2.50. The summed E-state index contributed by atoms with van der Waals surface area (Å²) in [5, 5.41) is 0. The highest BCUT2D eigenvalue weighted by Gasteiger charge is 2.57. The number of carbonyl (C=O) groups is 1. The summed E-state index contributed by atoms with van der Waals surface area (Å²) in [4.78, 5) is 15.2. The van der Waals surface area contributed by atoms with Crippen molar-refractivity contribution in [3.8, 4) is 0 Å². The van der Waals surface area contributed by atoms with Crippen molar-refractivity contribution in [2.24, 2.45) is 28.6 Å². The maximum absolute atomic E-state index is 13.5. The topological polar surface area (TPSA) is 44.1 Å². The number of allylic oxidation sites excluding steroid dienone is 3. The van der Waals surface area contributed by atoms with E-state index in [2.05, 4.69) is 31.0 Å². The summed E-state index contributed by atoms with van der Waals surface area (Å²) >= 11 is 0. The van der Waals surface area contributed by atoms with Crippen molar-refractivity contribution in [2.75, 3.05) is 0 Å². The van der Waals surface area contributed by atoms with Gasteiger partial charge in [0.2, 0.25) is 5.95 Å². The van der Waals surface area contributed by atoms with Gasteiger partial charge in [0.05, 0.1) is 6.20 Å². The van der Waals surface area contributed by atoms with Crippen molar-refractivity contribution in [3.63, 3.8) is 0 Å². The molecular weight excluding hydrogens is 367 g/mol. The van der Waals surface area contributed by atoms with Crippen molar-refractivity contribution in [2.45, 2.75) is 71.8 Å². The molecule has 156 valence electrons. The van der Waals surface area contributed by atoms with E-state index in [1.807, 2.05) is 4.57 Å². The molecule has 29 heavy (non-hydrogen) atoms. The second-order valence-corrected chi connectivity index (χ2v) is 10.1. The number of ether oxygens (including phenoxy) is 1. The zero-order chi connectivity index (χ0) is 20.4. The summed E-state index contributed by atoms with van der Waals surface area (Å²) in [6.45, 7) is 6.35. The van der Waals surface area contributed by atoms with Gasteiger partial charge < -0.3 is 9.30 Å². The molecule has 1 aromatic rings. The Labute approximate surface area is 172 Å². The minimum Gasteiger partial charge on any atom is -0.462 e. The molecule has 0 saturated heterocycles. The third kappa shape index (κ3) is 2.83. The van der Waals surface area contributed by atoms with E-state index in [9.17, 15) is 9.18 Å². The third-order valence-corrected chi connectivity index (χ3v) is 8.76. The van der Waals surface area contributed by atoms with E-state index >= 15 is 0 Å². The van der Waals surface area contributed by atoms with E-state index in [4.69, 9.17) is 4.74 Å². The average molecular weight is 399 g/mol. The molecule has 0 radical (unpaired) electrons. The smallest absolute Gasteiger partial charge is 0.302 e. The lowest BCUT2D eigenvalue weighted by atomic mass is 9.48. The number of imidazole rings is 1. The molecule has 0 amide bonds. The number of fused-ring (bicyclic) bond motifs is 5. The summed E-state index contributed by atoms with van der Waals surface area (Å²) in [5.41, 5.74) is 3.06. The van der Waals surface area contributed by atoms with Gasteiger partial charge in [0, 0.05) is 24.5 Å². The molecule has 2 saturated carbocycles. The van der Waals surface area contributed by atoms with Crippen LogP contribution in [0.5, 0.6) is 0 Å². The van der Waals surface area contributed by atoms with Crippen LogP contribution in [0.25, 0.3) is 5.70 Å². The minimum absolute atomic E-state index is 0.0492. The number of hydrogen-bond donors (Lipinski definition) is 0. The molecule has 1 aromatic heterocycles. The SMILES string of the molecule is CC(=O)OC1CCC2(C)C(=CCC3C2CCC2(C)C(n4cnc(F)c4)=CCC32)C1. The van der Waals surface area contributed by atoms with Crippen LogP contribution in [-0.4, -0.2) is 21.6 Å². The maximum Gasteiger partial charge on any atom is 0.302 e. The third-order valence-electron chi connectivity index (χ3n) is 8.76. The van der Waals surface area contributed by atoms with Gasteiger partial charge in [0.1, 0.15) is 12.4 Å². The second kappa shape index (κ2) is 6.55. The summed E-state index contributed by atoms with van der Waals surface area (Å²) in [5.74, 6) is 1.37. The molecule has 4 nitrogen and oxygen atoms in total. The first kappa shape index (κ1) is 19.1. The van der Waals surface area contributed by atoms with Crippen LogP contribution in [0.15, 0.2) is 30.2 Å². The lowest BCUT2D eigenvalue weighted by molar-refractivity contribution is -0.148. The normalized spacial score (nSPS) is 41.0. The molecule has 0 aliphatic heterocycles. The number of nitrogens with zero attached hydrogens (tertiary/aromatic N) is 2. The van der Waals surface area contributed by atoms with E-state index in [1.54, 1.807) is 6.33 Å². The highest BCUT2D eigenvalue weighted by atomic mass is 19.1. The van der Waals surface area contributed by atoms with E-state index in [1.165, 1.54) is 30.8 Å². The minimum atomic E-state index is -0.408. The average Bonchev–Trinajstić information content (AvgIpc) is 3.24. The molecule has 6 unspecified atom stereocenters. The van der Waals surface area contributed by atoms with Crippen LogP contribution < -0.4 is 0 Å². The van der Waals surface area contributed by atoms with Crippen molar-refractivity contribution in [1.82, 2.24) is 9.55 Å². The number of carbonyl (C=O) groups excluding carboxylic acids is 1. The van der Waals surface area contributed by atoms with E-state index in [0.29, 0.717) is 17.8 Å². The van der Waals surface area contributed by atoms with Crippen LogP contribution in [0.3, 0.4) is 0 Å². The van der Waals surface area contributed by atoms with Gasteiger partial charge in [-0.25, -0.2) is 4.98 Å². The molecule has 0 bridgehead atoms. The monoisotopic (exact) mass is 398 g/mol. The number of halogens is 1.